The molecule has 0 amide bonds. The van der Waals surface area contributed by atoms with Gasteiger partial charge in [-0.05, 0) is 37.0 Å². The summed E-state index contributed by atoms with van der Waals surface area (Å²) >= 11 is 0. The van der Waals surface area contributed by atoms with Gasteiger partial charge in [-0.1, -0.05) is 31.5 Å². The average molecular weight is 299 g/mol. The summed E-state index contributed by atoms with van der Waals surface area (Å²) in [4.78, 5) is 11.0. The molecule has 0 aliphatic heterocycles. The fourth-order valence-corrected chi connectivity index (χ4v) is 3.62. The molecule has 0 bridgehead atoms. The third-order valence-corrected chi connectivity index (χ3v) is 4.49. The highest BCUT2D eigenvalue weighted by molar-refractivity contribution is 7.88. The Morgan fingerprint density at radius 2 is 1.85 bits per heavy atom. The largest absolute Gasteiger partial charge is 0.480 e. The van der Waals surface area contributed by atoms with E-state index in [2.05, 4.69) is 4.72 Å². The molecule has 2 N–H and O–H groups in total. The Morgan fingerprint density at radius 1 is 1.30 bits per heavy atom. The summed E-state index contributed by atoms with van der Waals surface area (Å²) < 4.78 is 26.5. The minimum Gasteiger partial charge on any atom is -0.480 e. The van der Waals surface area contributed by atoms with E-state index in [-0.39, 0.29) is 12.2 Å². The number of carboxylic acids is 1. The smallest absolute Gasteiger partial charge is 0.321 e. The number of hydrogen-bond donors (Lipinski definition) is 2. The third-order valence-electron chi connectivity index (χ3n) is 3.18. The molecule has 1 rings (SSSR count). The second kappa shape index (κ2) is 6.85. The van der Waals surface area contributed by atoms with Gasteiger partial charge in [-0.15, -0.1) is 0 Å². The van der Waals surface area contributed by atoms with Crippen LogP contribution in [-0.4, -0.2) is 25.5 Å². The lowest BCUT2D eigenvalue weighted by atomic mass is 10.1. The van der Waals surface area contributed by atoms with Crippen molar-refractivity contribution in [3.63, 3.8) is 0 Å². The summed E-state index contributed by atoms with van der Waals surface area (Å²) in [5, 5.41) is 9.02. The lowest BCUT2D eigenvalue weighted by molar-refractivity contribution is -0.139. The van der Waals surface area contributed by atoms with Gasteiger partial charge in [0.2, 0.25) is 10.0 Å². The molecule has 0 saturated heterocycles. The predicted octanol–water partition coefficient (Wildman–Crippen LogP) is 1.98. The average Bonchev–Trinajstić information content (AvgIpc) is 2.33. The van der Waals surface area contributed by atoms with Crippen molar-refractivity contribution < 1.29 is 18.3 Å². The standard InChI is InChI=1S/C14H21NO4S/c1-4-6-13(14(16)17)15-20(18,19)9-12-10(2)7-5-8-11(12)3/h5,7-8,13,15H,4,6,9H2,1-3H3,(H,16,17). The zero-order valence-electron chi connectivity index (χ0n) is 12.0. The third kappa shape index (κ3) is 4.61. The highest BCUT2D eigenvalue weighted by Crippen LogP contribution is 2.16. The number of aryl methyl sites for hydroxylation is 2. The van der Waals surface area contributed by atoms with Crippen LogP contribution in [0.15, 0.2) is 18.2 Å². The maximum Gasteiger partial charge on any atom is 0.321 e. The van der Waals surface area contributed by atoms with Crippen molar-refractivity contribution in [2.24, 2.45) is 0 Å². The second-order valence-electron chi connectivity index (χ2n) is 4.93. The van der Waals surface area contributed by atoms with Crippen LogP contribution in [-0.2, 0) is 20.6 Å². The molecule has 0 aromatic heterocycles. The highest BCUT2D eigenvalue weighted by Gasteiger charge is 2.24. The number of benzene rings is 1. The van der Waals surface area contributed by atoms with Gasteiger partial charge < -0.3 is 5.11 Å². The van der Waals surface area contributed by atoms with Gasteiger partial charge in [-0.2, -0.15) is 0 Å². The first-order valence-corrected chi connectivity index (χ1v) is 8.20. The normalized spacial score (nSPS) is 13.2. The molecule has 1 unspecified atom stereocenters. The Kier molecular flexibility index (Phi) is 5.71. The van der Waals surface area contributed by atoms with E-state index in [9.17, 15) is 13.2 Å². The Hall–Kier alpha value is -1.40. The summed E-state index contributed by atoms with van der Waals surface area (Å²) in [6.07, 6.45) is 0.879. The number of rotatable bonds is 7. The molecule has 5 nitrogen and oxygen atoms in total. The number of carbonyl (C=O) groups is 1. The highest BCUT2D eigenvalue weighted by atomic mass is 32.2. The zero-order chi connectivity index (χ0) is 15.3. The predicted molar refractivity (Wildman–Crippen MR) is 78.0 cm³/mol. The number of aliphatic carboxylic acids is 1. The summed E-state index contributed by atoms with van der Waals surface area (Å²) in [6, 6.07) is 4.50. The van der Waals surface area contributed by atoms with Gasteiger partial charge in [0.25, 0.3) is 0 Å². The monoisotopic (exact) mass is 299 g/mol. The summed E-state index contributed by atoms with van der Waals surface area (Å²) in [7, 11) is -3.68. The van der Waals surface area contributed by atoms with Crippen LogP contribution in [0.25, 0.3) is 0 Å². The van der Waals surface area contributed by atoms with Crippen molar-refractivity contribution in [3.05, 3.63) is 34.9 Å². The Bertz CT molecular complexity index is 561. The van der Waals surface area contributed by atoms with Gasteiger partial charge in [0.05, 0.1) is 5.75 Å². The fourth-order valence-electron chi connectivity index (χ4n) is 2.05. The Balaban J connectivity index is 2.92. The van der Waals surface area contributed by atoms with Crippen LogP contribution in [0.5, 0.6) is 0 Å². The van der Waals surface area contributed by atoms with E-state index in [1.165, 1.54) is 0 Å². The van der Waals surface area contributed by atoms with Gasteiger partial charge in [0.1, 0.15) is 6.04 Å². The zero-order valence-corrected chi connectivity index (χ0v) is 12.8. The van der Waals surface area contributed by atoms with E-state index in [0.29, 0.717) is 6.42 Å². The topological polar surface area (TPSA) is 83.5 Å². The van der Waals surface area contributed by atoms with Crippen LogP contribution in [0.3, 0.4) is 0 Å². The summed E-state index contributed by atoms with van der Waals surface area (Å²) in [5.41, 5.74) is 2.50. The van der Waals surface area contributed by atoms with Crippen molar-refractivity contribution in [2.75, 3.05) is 0 Å². The van der Waals surface area contributed by atoms with Gasteiger partial charge in [-0.3, -0.25) is 4.79 Å². The fraction of sp³-hybridized carbons (Fsp3) is 0.500. The van der Waals surface area contributed by atoms with Crippen LogP contribution < -0.4 is 4.72 Å². The van der Waals surface area contributed by atoms with Crippen molar-refractivity contribution in [3.8, 4) is 0 Å². The Labute approximate surface area is 120 Å². The first-order chi connectivity index (χ1) is 9.26. The number of hydrogen-bond acceptors (Lipinski definition) is 3. The number of sulfonamides is 1. The lowest BCUT2D eigenvalue weighted by Gasteiger charge is -2.15. The van der Waals surface area contributed by atoms with Gasteiger partial charge in [0.15, 0.2) is 0 Å². The van der Waals surface area contributed by atoms with Crippen molar-refractivity contribution >= 4 is 16.0 Å². The Morgan fingerprint density at radius 3 is 2.30 bits per heavy atom. The molecule has 0 saturated carbocycles. The van der Waals surface area contributed by atoms with Crippen LogP contribution in [0.1, 0.15) is 36.5 Å². The molecular weight excluding hydrogens is 278 g/mol. The SMILES string of the molecule is CCCC(NS(=O)(=O)Cc1c(C)cccc1C)C(=O)O. The van der Waals surface area contributed by atoms with E-state index in [1.807, 2.05) is 39.0 Å². The van der Waals surface area contributed by atoms with Crippen LogP contribution in [0.2, 0.25) is 0 Å². The van der Waals surface area contributed by atoms with Crippen LogP contribution in [0, 0.1) is 13.8 Å². The first kappa shape index (κ1) is 16.7. The first-order valence-electron chi connectivity index (χ1n) is 6.54. The van der Waals surface area contributed by atoms with Crippen molar-refractivity contribution in [1.29, 1.82) is 0 Å². The van der Waals surface area contributed by atoms with Gasteiger partial charge >= 0.3 is 5.97 Å². The molecule has 6 heteroatoms. The maximum atomic E-state index is 12.1. The van der Waals surface area contributed by atoms with Crippen molar-refractivity contribution in [2.45, 2.75) is 45.4 Å². The second-order valence-corrected chi connectivity index (χ2v) is 6.68. The molecule has 1 aromatic carbocycles. The molecule has 1 aromatic rings. The quantitative estimate of drug-likeness (QED) is 0.806. The van der Waals surface area contributed by atoms with E-state index >= 15 is 0 Å². The summed E-state index contributed by atoms with van der Waals surface area (Å²) in [6.45, 7) is 5.51. The lowest BCUT2D eigenvalue weighted by Crippen LogP contribution is -2.41. The van der Waals surface area contributed by atoms with Crippen LogP contribution in [0.4, 0.5) is 0 Å². The minimum absolute atomic E-state index is 0.195. The van der Waals surface area contributed by atoms with Gasteiger partial charge in [-0.25, -0.2) is 13.1 Å². The minimum atomic E-state index is -3.68. The molecule has 1 atom stereocenters. The van der Waals surface area contributed by atoms with E-state index < -0.39 is 22.0 Å². The number of carboxylic acid groups (broad SMARTS) is 1. The maximum absolute atomic E-state index is 12.1. The van der Waals surface area contributed by atoms with Crippen LogP contribution >= 0.6 is 0 Å². The molecule has 0 spiro atoms. The molecular formula is C14H21NO4S. The van der Waals surface area contributed by atoms with E-state index in [4.69, 9.17) is 5.11 Å². The molecule has 0 aliphatic rings. The molecule has 112 valence electrons. The number of nitrogens with one attached hydrogen (secondary N) is 1. The molecule has 0 radical (unpaired) electrons. The molecule has 0 aliphatic carbocycles. The molecule has 0 fully saturated rings. The van der Waals surface area contributed by atoms with Crippen molar-refractivity contribution in [1.82, 2.24) is 4.72 Å². The van der Waals surface area contributed by atoms with E-state index in [1.54, 1.807) is 0 Å². The summed E-state index contributed by atoms with van der Waals surface area (Å²) in [5.74, 6) is -1.34. The van der Waals surface area contributed by atoms with Gasteiger partial charge in [0, 0.05) is 0 Å². The molecule has 0 heterocycles. The molecule has 20 heavy (non-hydrogen) atoms. The van der Waals surface area contributed by atoms with E-state index in [0.717, 1.165) is 16.7 Å².